The Morgan fingerprint density at radius 3 is 2.50 bits per heavy atom. The number of nitrogens with two attached hydrogens (primary N) is 1. The van der Waals surface area contributed by atoms with Crippen LogP contribution in [0.1, 0.15) is 25.6 Å². The lowest BCUT2D eigenvalue weighted by Gasteiger charge is -2.05. The molecule has 8 nitrogen and oxygen atoms in total. The lowest BCUT2D eigenvalue weighted by atomic mass is 10.1. The van der Waals surface area contributed by atoms with E-state index in [-0.39, 0.29) is 21.7 Å². The summed E-state index contributed by atoms with van der Waals surface area (Å²) in [5.74, 6) is -2.92. The average molecular weight is 432 g/mol. The minimum Gasteiger partial charge on any atom is -0.382 e. The number of thiazole rings is 1. The van der Waals surface area contributed by atoms with Gasteiger partial charge in [0.15, 0.2) is 5.13 Å². The van der Waals surface area contributed by atoms with E-state index >= 15 is 0 Å². The van der Waals surface area contributed by atoms with Gasteiger partial charge in [-0.1, -0.05) is 17.4 Å². The number of pyridine rings is 1. The van der Waals surface area contributed by atoms with Gasteiger partial charge in [-0.15, -0.1) is 0 Å². The molecule has 0 radical (unpaired) electrons. The number of nitrogen functional groups attached to an aromatic ring is 1. The van der Waals surface area contributed by atoms with Gasteiger partial charge in [0.25, 0.3) is 5.91 Å². The molecule has 0 saturated carbocycles. The van der Waals surface area contributed by atoms with Crippen LogP contribution in [-0.2, 0) is 0 Å². The molecule has 156 valence electrons. The molecule has 0 spiro atoms. The molecule has 2 heterocycles. The van der Waals surface area contributed by atoms with Gasteiger partial charge in [-0.3, -0.25) is 9.59 Å². The van der Waals surface area contributed by atoms with E-state index in [9.17, 15) is 18.4 Å². The number of anilines is 3. The third-order valence-corrected chi connectivity index (χ3v) is 4.96. The van der Waals surface area contributed by atoms with Crippen molar-refractivity contribution >= 4 is 39.8 Å². The molecule has 5 N–H and O–H groups in total. The average Bonchev–Trinajstić information content (AvgIpc) is 3.08. The van der Waals surface area contributed by atoms with Gasteiger partial charge < -0.3 is 21.7 Å². The van der Waals surface area contributed by atoms with Crippen molar-refractivity contribution < 1.29 is 18.4 Å². The van der Waals surface area contributed by atoms with Crippen LogP contribution >= 0.6 is 11.3 Å². The Hall–Kier alpha value is -3.44. The number of aromatic nitrogens is 2. The van der Waals surface area contributed by atoms with Crippen molar-refractivity contribution in [2.75, 3.05) is 31.2 Å². The molecule has 11 heteroatoms. The number of nitrogens with zero attached hydrogens (tertiary/aromatic N) is 2. The molecule has 3 aromatic rings. The molecule has 0 unspecified atom stereocenters. The van der Waals surface area contributed by atoms with Gasteiger partial charge in [0.1, 0.15) is 28.1 Å². The lowest BCUT2D eigenvalue weighted by Crippen LogP contribution is -2.30. The first-order valence-electron chi connectivity index (χ1n) is 8.81. The van der Waals surface area contributed by atoms with Gasteiger partial charge in [-0.25, -0.2) is 18.7 Å². The van der Waals surface area contributed by atoms with Crippen molar-refractivity contribution in [3.8, 4) is 0 Å². The molecular weight excluding hydrogens is 414 g/mol. The topological polar surface area (TPSA) is 122 Å². The maximum atomic E-state index is 13.9. The van der Waals surface area contributed by atoms with Crippen molar-refractivity contribution in [3.05, 3.63) is 64.2 Å². The fourth-order valence-electron chi connectivity index (χ4n) is 2.49. The van der Waals surface area contributed by atoms with Crippen LogP contribution < -0.4 is 21.7 Å². The molecule has 1 amide bonds. The van der Waals surface area contributed by atoms with Gasteiger partial charge in [-0.2, -0.15) is 0 Å². The zero-order valence-electron chi connectivity index (χ0n) is 15.8. The zero-order chi connectivity index (χ0) is 21.7. The molecule has 1 aromatic carbocycles. The molecule has 0 fully saturated rings. The number of amides is 1. The summed E-state index contributed by atoms with van der Waals surface area (Å²) in [6.45, 7) is 1.12. The molecule has 0 aliphatic rings. The highest BCUT2D eigenvalue weighted by molar-refractivity contribution is 7.18. The summed E-state index contributed by atoms with van der Waals surface area (Å²) in [5.41, 5.74) is 5.46. The largest absolute Gasteiger partial charge is 0.382 e. The summed E-state index contributed by atoms with van der Waals surface area (Å²) in [5, 5.41) is 8.72. The molecule has 3 rings (SSSR count). The second-order valence-corrected chi connectivity index (χ2v) is 7.07. The summed E-state index contributed by atoms with van der Waals surface area (Å²) < 4.78 is 27.8. The zero-order valence-corrected chi connectivity index (χ0v) is 16.6. The number of carbonyl (C=O) groups excluding carboxylic acids is 2. The Bertz CT molecular complexity index is 1050. The predicted octanol–water partition coefficient (Wildman–Crippen LogP) is 2.32. The van der Waals surface area contributed by atoms with Gasteiger partial charge in [0, 0.05) is 19.3 Å². The van der Waals surface area contributed by atoms with E-state index in [1.54, 1.807) is 19.2 Å². The number of likely N-dealkylation sites (N-methyl/N-ethyl adjacent to an activating group) is 1. The van der Waals surface area contributed by atoms with Gasteiger partial charge in [0.05, 0.1) is 11.1 Å². The highest BCUT2D eigenvalue weighted by Crippen LogP contribution is 2.30. The number of hydrogen-bond donors (Lipinski definition) is 4. The first-order chi connectivity index (χ1) is 14.4. The molecule has 0 saturated heterocycles. The number of ketones is 1. The standard InChI is InChI=1S/C19H18F2N6O2S/c1-23-7-8-24-18(29)10-5-6-13(25-9-10)26-19-27-17(22)16(30-19)15(28)14-11(20)3-2-4-12(14)21/h2-6,9,23H,7-8,22H2,1H3,(H,24,29)(H,25,26,27). The first kappa shape index (κ1) is 21.3. The number of halogens is 2. The van der Waals surface area contributed by atoms with Crippen LogP contribution in [0.5, 0.6) is 0 Å². The van der Waals surface area contributed by atoms with E-state index in [0.29, 0.717) is 24.5 Å². The van der Waals surface area contributed by atoms with Crippen molar-refractivity contribution in [3.63, 3.8) is 0 Å². The van der Waals surface area contributed by atoms with Gasteiger partial charge >= 0.3 is 0 Å². The minimum atomic E-state index is -0.979. The molecular formula is C19H18F2N6O2S. The molecule has 0 aliphatic heterocycles. The monoisotopic (exact) mass is 432 g/mol. The molecule has 0 aliphatic carbocycles. The Labute approximate surface area is 174 Å². The third kappa shape index (κ3) is 4.75. The SMILES string of the molecule is CNCCNC(=O)c1ccc(Nc2nc(N)c(C(=O)c3c(F)cccc3F)s2)nc1. The first-order valence-corrected chi connectivity index (χ1v) is 9.63. The van der Waals surface area contributed by atoms with Crippen LogP contribution in [0.3, 0.4) is 0 Å². The normalized spacial score (nSPS) is 10.6. The second kappa shape index (κ2) is 9.37. The van der Waals surface area contributed by atoms with Crippen LogP contribution in [-0.4, -0.2) is 41.8 Å². The van der Waals surface area contributed by atoms with Crippen LogP contribution in [0.2, 0.25) is 0 Å². The van der Waals surface area contributed by atoms with Gasteiger partial charge in [0.2, 0.25) is 5.78 Å². The van der Waals surface area contributed by atoms with Gasteiger partial charge in [-0.05, 0) is 31.3 Å². The third-order valence-electron chi connectivity index (χ3n) is 3.97. The Balaban J connectivity index is 1.73. The van der Waals surface area contributed by atoms with Crippen molar-refractivity contribution in [1.29, 1.82) is 0 Å². The van der Waals surface area contributed by atoms with E-state index in [2.05, 4.69) is 25.9 Å². The van der Waals surface area contributed by atoms with Crippen molar-refractivity contribution in [2.24, 2.45) is 0 Å². The lowest BCUT2D eigenvalue weighted by molar-refractivity contribution is 0.0953. The maximum absolute atomic E-state index is 13.9. The summed E-state index contributed by atoms with van der Waals surface area (Å²) in [4.78, 5) is 32.5. The highest BCUT2D eigenvalue weighted by atomic mass is 32.1. The van der Waals surface area contributed by atoms with Crippen LogP contribution in [0, 0.1) is 11.6 Å². The number of hydrogen-bond acceptors (Lipinski definition) is 8. The maximum Gasteiger partial charge on any atom is 0.252 e. The fourth-order valence-corrected chi connectivity index (χ4v) is 3.33. The van der Waals surface area contributed by atoms with E-state index in [0.717, 1.165) is 23.5 Å². The van der Waals surface area contributed by atoms with E-state index in [4.69, 9.17) is 5.73 Å². The second-order valence-electron chi connectivity index (χ2n) is 6.08. The molecule has 0 bridgehead atoms. The fraction of sp³-hybridized carbons (Fsp3) is 0.158. The minimum absolute atomic E-state index is 0.0953. The van der Waals surface area contributed by atoms with E-state index in [1.807, 2.05) is 0 Å². The smallest absolute Gasteiger partial charge is 0.252 e. The number of nitrogens with one attached hydrogen (secondary N) is 3. The van der Waals surface area contributed by atoms with Crippen molar-refractivity contribution in [2.45, 2.75) is 0 Å². The summed E-state index contributed by atoms with van der Waals surface area (Å²) >= 11 is 0.842. The summed E-state index contributed by atoms with van der Waals surface area (Å²) in [7, 11) is 1.78. The van der Waals surface area contributed by atoms with Crippen LogP contribution in [0.15, 0.2) is 36.5 Å². The summed E-state index contributed by atoms with van der Waals surface area (Å²) in [6, 6.07) is 6.28. The summed E-state index contributed by atoms with van der Waals surface area (Å²) in [6.07, 6.45) is 1.38. The van der Waals surface area contributed by atoms with Crippen molar-refractivity contribution in [1.82, 2.24) is 20.6 Å². The van der Waals surface area contributed by atoms with E-state index in [1.165, 1.54) is 12.3 Å². The quantitative estimate of drug-likeness (QED) is 0.318. The van der Waals surface area contributed by atoms with Crippen LogP contribution in [0.25, 0.3) is 0 Å². The predicted molar refractivity (Wildman–Crippen MR) is 110 cm³/mol. The number of rotatable bonds is 8. The Kier molecular flexibility index (Phi) is 6.65. The molecule has 30 heavy (non-hydrogen) atoms. The van der Waals surface area contributed by atoms with Crippen LogP contribution in [0.4, 0.5) is 25.5 Å². The molecule has 0 atom stereocenters. The Morgan fingerprint density at radius 2 is 1.87 bits per heavy atom. The number of carbonyl (C=O) groups is 2. The Morgan fingerprint density at radius 1 is 1.13 bits per heavy atom. The van der Waals surface area contributed by atoms with E-state index < -0.39 is 23.0 Å². The highest BCUT2D eigenvalue weighted by Gasteiger charge is 2.24. The molecule has 2 aromatic heterocycles. The number of benzene rings is 1.